The SMILES string of the molecule is CNC(=O)c1ccc2c(c1)ncn2-c1ccc(OC(C)C(C)Oc2ccccn2)cc1. The van der Waals surface area contributed by atoms with Gasteiger partial charge >= 0.3 is 0 Å². The van der Waals surface area contributed by atoms with E-state index in [-0.39, 0.29) is 18.1 Å². The van der Waals surface area contributed by atoms with Crippen LogP contribution in [0, 0.1) is 0 Å². The number of imidazole rings is 1. The molecule has 0 radical (unpaired) electrons. The molecule has 4 rings (SSSR count). The third kappa shape index (κ3) is 4.50. The van der Waals surface area contributed by atoms with Crippen LogP contribution in [-0.2, 0) is 0 Å². The van der Waals surface area contributed by atoms with Crippen LogP contribution >= 0.6 is 0 Å². The van der Waals surface area contributed by atoms with Crippen molar-refractivity contribution in [1.82, 2.24) is 19.9 Å². The second-order valence-corrected chi connectivity index (χ2v) is 7.21. The molecule has 2 unspecified atom stereocenters. The summed E-state index contributed by atoms with van der Waals surface area (Å²) in [5, 5.41) is 2.63. The van der Waals surface area contributed by atoms with Crippen molar-refractivity contribution in [2.45, 2.75) is 26.1 Å². The van der Waals surface area contributed by atoms with Gasteiger partial charge in [-0.2, -0.15) is 0 Å². The molecule has 0 bridgehead atoms. The second-order valence-electron chi connectivity index (χ2n) is 7.21. The van der Waals surface area contributed by atoms with Crippen LogP contribution in [0.5, 0.6) is 11.6 Å². The van der Waals surface area contributed by atoms with Gasteiger partial charge in [0.15, 0.2) is 0 Å². The minimum Gasteiger partial charge on any atom is -0.487 e. The average Bonchev–Trinajstić information content (AvgIpc) is 3.23. The third-order valence-corrected chi connectivity index (χ3v) is 5.08. The summed E-state index contributed by atoms with van der Waals surface area (Å²) < 4.78 is 13.9. The minimum absolute atomic E-state index is 0.131. The van der Waals surface area contributed by atoms with Crippen molar-refractivity contribution in [3.63, 3.8) is 0 Å². The third-order valence-electron chi connectivity index (χ3n) is 5.08. The molecule has 0 saturated carbocycles. The zero-order valence-electron chi connectivity index (χ0n) is 17.6. The molecule has 158 valence electrons. The monoisotopic (exact) mass is 416 g/mol. The van der Waals surface area contributed by atoms with E-state index in [4.69, 9.17) is 9.47 Å². The van der Waals surface area contributed by atoms with Gasteiger partial charge in [0.2, 0.25) is 5.88 Å². The average molecular weight is 416 g/mol. The molecule has 0 fully saturated rings. The fourth-order valence-corrected chi connectivity index (χ4v) is 3.20. The molecule has 31 heavy (non-hydrogen) atoms. The first-order valence-electron chi connectivity index (χ1n) is 10.1. The van der Waals surface area contributed by atoms with Crippen molar-refractivity contribution < 1.29 is 14.3 Å². The summed E-state index contributed by atoms with van der Waals surface area (Å²) in [6, 6.07) is 18.8. The molecule has 0 spiro atoms. The Labute approximate surface area is 180 Å². The number of aromatic nitrogens is 3. The summed E-state index contributed by atoms with van der Waals surface area (Å²) >= 11 is 0. The molecule has 7 heteroatoms. The van der Waals surface area contributed by atoms with Crippen molar-refractivity contribution in [3.8, 4) is 17.3 Å². The maximum absolute atomic E-state index is 11.8. The van der Waals surface area contributed by atoms with Crippen molar-refractivity contribution in [2.24, 2.45) is 0 Å². The van der Waals surface area contributed by atoms with Crippen LogP contribution in [-0.4, -0.2) is 39.7 Å². The Balaban J connectivity index is 1.46. The molecule has 1 N–H and O–H groups in total. The molecule has 0 aliphatic rings. The van der Waals surface area contributed by atoms with Crippen LogP contribution in [0.15, 0.2) is 73.2 Å². The fourth-order valence-electron chi connectivity index (χ4n) is 3.20. The van der Waals surface area contributed by atoms with Gasteiger partial charge in [0.25, 0.3) is 5.91 Å². The van der Waals surface area contributed by atoms with E-state index < -0.39 is 0 Å². The standard InChI is InChI=1S/C24H24N4O3/c1-16(17(2)31-23-6-4-5-13-26-23)30-20-10-8-19(9-11-20)28-15-27-21-14-18(24(29)25-3)7-12-22(21)28/h4-17H,1-3H3,(H,25,29). The normalized spacial score (nSPS) is 12.9. The molecule has 0 aliphatic heterocycles. The number of nitrogens with one attached hydrogen (secondary N) is 1. The van der Waals surface area contributed by atoms with Crippen LogP contribution in [0.4, 0.5) is 0 Å². The highest BCUT2D eigenvalue weighted by Gasteiger charge is 2.16. The predicted octanol–water partition coefficient (Wildman–Crippen LogP) is 4.01. The largest absolute Gasteiger partial charge is 0.487 e. The van der Waals surface area contributed by atoms with Gasteiger partial charge in [0.1, 0.15) is 24.3 Å². The van der Waals surface area contributed by atoms with Crippen LogP contribution in [0.1, 0.15) is 24.2 Å². The number of ether oxygens (including phenoxy) is 2. The number of hydrogen-bond acceptors (Lipinski definition) is 5. The number of benzene rings is 2. The molecule has 1 amide bonds. The molecule has 0 aliphatic carbocycles. The van der Waals surface area contributed by atoms with E-state index in [2.05, 4.69) is 15.3 Å². The number of carbonyl (C=O) groups excluding carboxylic acids is 1. The summed E-state index contributed by atoms with van der Waals surface area (Å²) in [4.78, 5) is 20.5. The van der Waals surface area contributed by atoms with E-state index in [0.29, 0.717) is 11.4 Å². The molecular formula is C24H24N4O3. The zero-order valence-corrected chi connectivity index (χ0v) is 17.6. The Bertz CT molecular complexity index is 1170. The van der Waals surface area contributed by atoms with Gasteiger partial charge in [-0.1, -0.05) is 6.07 Å². The van der Waals surface area contributed by atoms with E-state index >= 15 is 0 Å². The molecule has 2 atom stereocenters. The van der Waals surface area contributed by atoms with Crippen molar-refractivity contribution in [2.75, 3.05) is 7.05 Å². The molecule has 0 saturated heterocycles. The van der Waals surface area contributed by atoms with Gasteiger partial charge in [0, 0.05) is 30.6 Å². The van der Waals surface area contributed by atoms with Gasteiger partial charge in [-0.05, 0) is 62.4 Å². The lowest BCUT2D eigenvalue weighted by molar-refractivity contribution is 0.0746. The molecule has 2 heterocycles. The van der Waals surface area contributed by atoms with Crippen molar-refractivity contribution in [1.29, 1.82) is 0 Å². The van der Waals surface area contributed by atoms with Crippen molar-refractivity contribution >= 4 is 16.9 Å². The first-order valence-corrected chi connectivity index (χ1v) is 10.1. The molecule has 7 nitrogen and oxygen atoms in total. The van der Waals surface area contributed by atoms with E-state index in [0.717, 1.165) is 22.5 Å². The summed E-state index contributed by atoms with van der Waals surface area (Å²) in [5.74, 6) is 1.19. The van der Waals surface area contributed by atoms with Gasteiger partial charge in [-0.15, -0.1) is 0 Å². The lowest BCUT2D eigenvalue weighted by atomic mass is 10.2. The first kappa shape index (κ1) is 20.4. The minimum atomic E-state index is -0.165. The number of fused-ring (bicyclic) bond motifs is 1. The summed E-state index contributed by atoms with van der Waals surface area (Å²) in [6.07, 6.45) is 3.12. The fraction of sp³-hybridized carbons (Fsp3) is 0.208. The van der Waals surface area contributed by atoms with Gasteiger partial charge in [-0.25, -0.2) is 9.97 Å². The van der Waals surface area contributed by atoms with Crippen molar-refractivity contribution in [3.05, 3.63) is 78.8 Å². The predicted molar refractivity (Wildman–Crippen MR) is 119 cm³/mol. The Hall–Kier alpha value is -3.87. The number of hydrogen-bond donors (Lipinski definition) is 1. The Kier molecular flexibility index (Phi) is 5.84. The topological polar surface area (TPSA) is 78.3 Å². The van der Waals surface area contributed by atoms with Gasteiger partial charge < -0.3 is 14.8 Å². The molecule has 2 aromatic heterocycles. The number of pyridine rings is 1. The van der Waals surface area contributed by atoms with E-state index in [1.807, 2.05) is 66.9 Å². The summed E-state index contributed by atoms with van der Waals surface area (Å²) in [7, 11) is 1.61. The Morgan fingerprint density at radius 3 is 2.45 bits per heavy atom. The highest BCUT2D eigenvalue weighted by atomic mass is 16.5. The number of nitrogens with zero attached hydrogens (tertiary/aromatic N) is 3. The smallest absolute Gasteiger partial charge is 0.251 e. The summed E-state index contributed by atoms with van der Waals surface area (Å²) in [6.45, 7) is 3.92. The summed E-state index contributed by atoms with van der Waals surface area (Å²) in [5.41, 5.74) is 3.22. The zero-order chi connectivity index (χ0) is 21.8. The number of carbonyl (C=O) groups is 1. The molecule has 2 aromatic carbocycles. The van der Waals surface area contributed by atoms with Crippen LogP contribution < -0.4 is 14.8 Å². The van der Waals surface area contributed by atoms with Gasteiger partial charge in [0.05, 0.1) is 11.0 Å². The van der Waals surface area contributed by atoms with Crippen LogP contribution in [0.2, 0.25) is 0 Å². The quantitative estimate of drug-likeness (QED) is 0.492. The Morgan fingerprint density at radius 1 is 0.968 bits per heavy atom. The van der Waals surface area contributed by atoms with Crippen LogP contribution in [0.3, 0.4) is 0 Å². The number of rotatable bonds is 7. The van der Waals surface area contributed by atoms with E-state index in [9.17, 15) is 4.79 Å². The van der Waals surface area contributed by atoms with E-state index in [1.165, 1.54) is 0 Å². The number of amides is 1. The lowest BCUT2D eigenvalue weighted by Gasteiger charge is -2.22. The first-order chi connectivity index (χ1) is 15.0. The maximum atomic E-state index is 11.8. The second kappa shape index (κ2) is 8.87. The van der Waals surface area contributed by atoms with E-state index in [1.54, 1.807) is 31.7 Å². The maximum Gasteiger partial charge on any atom is 0.251 e. The van der Waals surface area contributed by atoms with Gasteiger partial charge in [-0.3, -0.25) is 9.36 Å². The van der Waals surface area contributed by atoms with Crippen LogP contribution in [0.25, 0.3) is 16.7 Å². The highest BCUT2D eigenvalue weighted by Crippen LogP contribution is 2.23. The molecular weight excluding hydrogens is 392 g/mol. The lowest BCUT2D eigenvalue weighted by Crippen LogP contribution is -2.31. The molecule has 4 aromatic rings. The highest BCUT2D eigenvalue weighted by molar-refractivity contribution is 5.97. The Morgan fingerprint density at radius 2 is 1.74 bits per heavy atom.